The third kappa shape index (κ3) is 3.56. The normalized spacial score (nSPS) is 16.1. The molecule has 1 amide bonds. The Hall–Kier alpha value is -2.64. The molecule has 0 spiro atoms. The molecule has 1 unspecified atom stereocenters. The average Bonchev–Trinajstić information content (AvgIpc) is 3.30. The van der Waals surface area contributed by atoms with Gasteiger partial charge in [-0.3, -0.25) is 9.59 Å². The Labute approximate surface area is 173 Å². The molecular weight excluding hydrogens is 388 g/mol. The van der Waals surface area contributed by atoms with Crippen LogP contribution in [0.3, 0.4) is 0 Å². The summed E-state index contributed by atoms with van der Waals surface area (Å²) in [6, 6.07) is 8.68. The van der Waals surface area contributed by atoms with Crippen molar-refractivity contribution in [3.8, 4) is 5.75 Å². The first kappa shape index (κ1) is 19.7. The molecule has 152 valence electrons. The minimum atomic E-state index is -0.396. The van der Waals surface area contributed by atoms with Gasteiger partial charge in [-0.15, -0.1) is 11.3 Å². The third-order valence-corrected chi connectivity index (χ3v) is 5.99. The second-order valence-corrected chi connectivity index (χ2v) is 8.32. The Morgan fingerprint density at radius 1 is 1.24 bits per heavy atom. The molecular formula is C22H24N2O4S. The summed E-state index contributed by atoms with van der Waals surface area (Å²) in [5, 5.41) is 2.43. The lowest BCUT2D eigenvalue weighted by Gasteiger charge is -2.24. The number of ether oxygens (including phenoxy) is 1. The summed E-state index contributed by atoms with van der Waals surface area (Å²) in [4.78, 5) is 31.4. The van der Waals surface area contributed by atoms with E-state index < -0.39 is 6.04 Å². The van der Waals surface area contributed by atoms with Crippen LogP contribution < -0.4 is 10.2 Å². The summed E-state index contributed by atoms with van der Waals surface area (Å²) in [7, 11) is 4.01. The van der Waals surface area contributed by atoms with Crippen molar-refractivity contribution in [2.75, 3.05) is 33.8 Å². The molecule has 4 rings (SSSR count). The minimum Gasteiger partial charge on any atom is -0.494 e. The van der Waals surface area contributed by atoms with Crippen molar-refractivity contribution < 1.29 is 13.9 Å². The number of hydrogen-bond acceptors (Lipinski definition) is 6. The van der Waals surface area contributed by atoms with Crippen LogP contribution in [0.1, 0.15) is 40.4 Å². The van der Waals surface area contributed by atoms with E-state index in [1.807, 2.05) is 38.5 Å². The maximum atomic E-state index is 13.4. The third-order valence-electron chi connectivity index (χ3n) is 5.07. The first-order chi connectivity index (χ1) is 14.0. The summed E-state index contributed by atoms with van der Waals surface area (Å²) >= 11 is 1.55. The molecule has 0 radical (unpaired) electrons. The zero-order chi connectivity index (χ0) is 20.5. The molecule has 7 heteroatoms. The van der Waals surface area contributed by atoms with Gasteiger partial charge in [0.25, 0.3) is 5.91 Å². The van der Waals surface area contributed by atoms with Gasteiger partial charge < -0.3 is 19.0 Å². The Morgan fingerprint density at radius 2 is 2.07 bits per heavy atom. The van der Waals surface area contributed by atoms with Gasteiger partial charge in [0.15, 0.2) is 5.43 Å². The molecule has 0 N–H and O–H groups in total. The van der Waals surface area contributed by atoms with Gasteiger partial charge in [-0.25, -0.2) is 0 Å². The molecule has 0 bridgehead atoms. The quantitative estimate of drug-likeness (QED) is 0.591. The first-order valence-corrected chi connectivity index (χ1v) is 10.6. The second-order valence-electron chi connectivity index (χ2n) is 7.34. The second kappa shape index (κ2) is 8.00. The minimum absolute atomic E-state index is 0.147. The van der Waals surface area contributed by atoms with Crippen molar-refractivity contribution in [2.45, 2.75) is 19.4 Å². The standard InChI is InChI=1S/C22H24N2O4S/c1-4-27-14-8-9-15-16(13-14)28-21-18(20(15)25)19(17-7-5-12-29-17)24(22(21)26)11-6-10-23(2)3/h5,7-9,12-13,19H,4,6,10-11H2,1-3H3. The van der Waals surface area contributed by atoms with E-state index >= 15 is 0 Å². The van der Waals surface area contributed by atoms with E-state index in [-0.39, 0.29) is 17.1 Å². The van der Waals surface area contributed by atoms with Crippen LogP contribution in [-0.4, -0.2) is 49.5 Å². The molecule has 6 nitrogen and oxygen atoms in total. The number of nitrogens with zero attached hydrogens (tertiary/aromatic N) is 2. The Bertz CT molecular complexity index is 1090. The maximum absolute atomic E-state index is 13.4. The predicted octanol–water partition coefficient (Wildman–Crippen LogP) is 3.75. The molecule has 1 atom stereocenters. The highest BCUT2D eigenvalue weighted by molar-refractivity contribution is 7.10. The number of thiophene rings is 1. The molecule has 0 fully saturated rings. The number of benzene rings is 1. The van der Waals surface area contributed by atoms with Crippen LogP contribution in [-0.2, 0) is 0 Å². The van der Waals surface area contributed by atoms with Crippen LogP contribution in [0.25, 0.3) is 11.0 Å². The highest BCUT2D eigenvalue weighted by Crippen LogP contribution is 2.40. The van der Waals surface area contributed by atoms with Crippen LogP contribution in [0.5, 0.6) is 5.75 Å². The van der Waals surface area contributed by atoms with Gasteiger partial charge in [-0.2, -0.15) is 0 Å². The number of carbonyl (C=O) groups excluding carboxylic acids is 1. The molecule has 29 heavy (non-hydrogen) atoms. The van der Waals surface area contributed by atoms with Gasteiger partial charge in [0, 0.05) is 17.5 Å². The van der Waals surface area contributed by atoms with Gasteiger partial charge in [0.05, 0.1) is 23.6 Å². The van der Waals surface area contributed by atoms with Crippen molar-refractivity contribution in [2.24, 2.45) is 0 Å². The molecule has 1 aromatic carbocycles. The fraction of sp³-hybridized carbons (Fsp3) is 0.364. The van der Waals surface area contributed by atoms with E-state index in [0.717, 1.165) is 17.8 Å². The zero-order valence-electron chi connectivity index (χ0n) is 16.8. The molecule has 3 aromatic rings. The number of rotatable bonds is 7. The molecule has 1 aliphatic rings. The van der Waals surface area contributed by atoms with Crippen molar-refractivity contribution >= 4 is 28.2 Å². The summed E-state index contributed by atoms with van der Waals surface area (Å²) in [6.45, 7) is 3.83. The van der Waals surface area contributed by atoms with Crippen molar-refractivity contribution in [1.29, 1.82) is 0 Å². The molecule has 3 heterocycles. The molecule has 0 aliphatic carbocycles. The molecule has 2 aromatic heterocycles. The highest BCUT2D eigenvalue weighted by Gasteiger charge is 2.42. The maximum Gasteiger partial charge on any atom is 0.290 e. The Morgan fingerprint density at radius 3 is 2.76 bits per heavy atom. The van der Waals surface area contributed by atoms with Crippen molar-refractivity contribution in [3.63, 3.8) is 0 Å². The topological polar surface area (TPSA) is 63.0 Å². The van der Waals surface area contributed by atoms with E-state index in [2.05, 4.69) is 4.90 Å². The lowest BCUT2D eigenvalue weighted by molar-refractivity contribution is 0.0724. The number of hydrogen-bond donors (Lipinski definition) is 0. The van der Waals surface area contributed by atoms with Gasteiger partial charge in [0.2, 0.25) is 5.76 Å². The largest absolute Gasteiger partial charge is 0.494 e. The predicted molar refractivity (Wildman–Crippen MR) is 114 cm³/mol. The monoisotopic (exact) mass is 412 g/mol. The number of fused-ring (bicyclic) bond motifs is 2. The van der Waals surface area contributed by atoms with Crippen LogP contribution in [0.4, 0.5) is 0 Å². The van der Waals surface area contributed by atoms with E-state index in [0.29, 0.717) is 35.4 Å². The van der Waals surface area contributed by atoms with Gasteiger partial charge in [-0.05, 0) is 57.6 Å². The fourth-order valence-electron chi connectivity index (χ4n) is 3.79. The highest BCUT2D eigenvalue weighted by atomic mass is 32.1. The SMILES string of the molecule is CCOc1ccc2c(=O)c3c(oc2c1)C(=O)N(CCCN(C)C)C3c1cccs1. The molecule has 0 saturated carbocycles. The van der Waals surface area contributed by atoms with E-state index in [4.69, 9.17) is 9.15 Å². The molecule has 1 aliphatic heterocycles. The van der Waals surface area contributed by atoms with Crippen LogP contribution in [0.15, 0.2) is 44.9 Å². The van der Waals surface area contributed by atoms with Gasteiger partial charge in [-0.1, -0.05) is 6.07 Å². The van der Waals surface area contributed by atoms with E-state index in [1.165, 1.54) is 0 Å². The van der Waals surface area contributed by atoms with Crippen LogP contribution >= 0.6 is 11.3 Å². The summed E-state index contributed by atoms with van der Waals surface area (Å²) in [6.07, 6.45) is 0.816. The zero-order valence-corrected chi connectivity index (χ0v) is 17.6. The van der Waals surface area contributed by atoms with Crippen molar-refractivity contribution in [3.05, 3.63) is 62.1 Å². The summed E-state index contributed by atoms with van der Waals surface area (Å²) < 4.78 is 11.5. The van der Waals surface area contributed by atoms with Crippen LogP contribution in [0.2, 0.25) is 0 Å². The van der Waals surface area contributed by atoms with Crippen LogP contribution in [0, 0.1) is 0 Å². The Kier molecular flexibility index (Phi) is 5.43. The number of carbonyl (C=O) groups is 1. The fourth-order valence-corrected chi connectivity index (χ4v) is 4.63. The lowest BCUT2D eigenvalue weighted by atomic mass is 10.0. The summed E-state index contributed by atoms with van der Waals surface area (Å²) in [5.41, 5.74) is 0.679. The molecule has 0 saturated heterocycles. The Balaban J connectivity index is 1.83. The van der Waals surface area contributed by atoms with E-state index in [1.54, 1.807) is 34.4 Å². The van der Waals surface area contributed by atoms with Gasteiger partial charge >= 0.3 is 0 Å². The van der Waals surface area contributed by atoms with Gasteiger partial charge in [0.1, 0.15) is 11.3 Å². The van der Waals surface area contributed by atoms with Crippen molar-refractivity contribution in [1.82, 2.24) is 9.80 Å². The summed E-state index contributed by atoms with van der Waals surface area (Å²) in [5.74, 6) is 0.545. The number of amides is 1. The smallest absolute Gasteiger partial charge is 0.290 e. The lowest BCUT2D eigenvalue weighted by Crippen LogP contribution is -2.31. The first-order valence-electron chi connectivity index (χ1n) is 9.74. The van der Waals surface area contributed by atoms with E-state index in [9.17, 15) is 9.59 Å². The average molecular weight is 413 g/mol.